The van der Waals surface area contributed by atoms with Crippen LogP contribution in [0.4, 0.5) is 10.1 Å². The topological polar surface area (TPSA) is 70.1 Å². The van der Waals surface area contributed by atoms with Crippen LogP contribution < -0.4 is 4.90 Å². The van der Waals surface area contributed by atoms with Gasteiger partial charge in [0.15, 0.2) is 5.78 Å². The highest BCUT2D eigenvalue weighted by Gasteiger charge is 2.65. The van der Waals surface area contributed by atoms with Crippen molar-refractivity contribution in [2.45, 2.75) is 25.9 Å². The van der Waals surface area contributed by atoms with Crippen LogP contribution in [0.15, 0.2) is 71.8 Å². The molecule has 2 fully saturated rings. The van der Waals surface area contributed by atoms with Crippen LogP contribution in [0, 0.1) is 31.5 Å². The molecule has 3 heterocycles. The minimum absolute atomic E-state index is 0.273. The van der Waals surface area contributed by atoms with Crippen molar-refractivity contribution in [3.05, 3.63) is 100 Å². The average molecular weight is 468 g/mol. The van der Waals surface area contributed by atoms with E-state index in [1.807, 2.05) is 50.2 Å². The third-order valence-electron chi connectivity index (χ3n) is 7.28. The summed E-state index contributed by atoms with van der Waals surface area (Å²) in [5, 5.41) is 6.16. The van der Waals surface area contributed by atoms with E-state index in [0.29, 0.717) is 5.69 Å². The Balaban J connectivity index is 1.50. The van der Waals surface area contributed by atoms with Gasteiger partial charge in [0.2, 0.25) is 11.8 Å². The van der Waals surface area contributed by atoms with E-state index in [1.165, 1.54) is 29.2 Å². The minimum atomic E-state index is -0.979. The molecule has 4 atom stereocenters. The van der Waals surface area contributed by atoms with Gasteiger partial charge in [0.1, 0.15) is 11.9 Å². The maximum absolute atomic E-state index is 13.9. The number of nitrogens with zero attached hydrogens (tertiary/aromatic N) is 3. The van der Waals surface area contributed by atoms with Gasteiger partial charge in [0.05, 0.1) is 29.8 Å². The third kappa shape index (κ3) is 3.07. The number of hydrazone groups is 1. The number of halogens is 1. The summed E-state index contributed by atoms with van der Waals surface area (Å²) in [6.07, 6.45) is 1.66. The zero-order valence-corrected chi connectivity index (χ0v) is 19.2. The molecule has 0 bridgehead atoms. The predicted octanol–water partition coefficient (Wildman–Crippen LogP) is 4.20. The number of benzene rings is 3. The lowest BCUT2D eigenvalue weighted by atomic mass is 9.83. The normalized spacial score (nSPS) is 24.4. The Bertz CT molecular complexity index is 1430. The van der Waals surface area contributed by atoms with Crippen molar-refractivity contribution in [2.24, 2.45) is 16.9 Å². The van der Waals surface area contributed by atoms with Crippen LogP contribution in [0.1, 0.15) is 38.7 Å². The van der Waals surface area contributed by atoms with Gasteiger partial charge in [-0.1, -0.05) is 42.0 Å². The van der Waals surface area contributed by atoms with Gasteiger partial charge in [-0.05, 0) is 60.9 Å². The van der Waals surface area contributed by atoms with Gasteiger partial charge in [-0.25, -0.2) is 9.29 Å². The molecule has 3 aliphatic heterocycles. The Morgan fingerprint density at radius 3 is 2.37 bits per heavy atom. The first-order valence-electron chi connectivity index (χ1n) is 11.5. The minimum Gasteiger partial charge on any atom is -0.292 e. The van der Waals surface area contributed by atoms with E-state index < -0.39 is 35.6 Å². The molecule has 3 aliphatic rings. The van der Waals surface area contributed by atoms with E-state index in [2.05, 4.69) is 5.10 Å². The number of hydrogen-bond acceptors (Lipinski definition) is 5. The molecule has 0 aromatic heterocycles. The first kappa shape index (κ1) is 21.4. The van der Waals surface area contributed by atoms with Crippen molar-refractivity contribution < 1.29 is 18.8 Å². The number of aryl methyl sites for hydroxylation is 2. The second-order valence-corrected chi connectivity index (χ2v) is 9.37. The van der Waals surface area contributed by atoms with E-state index in [-0.39, 0.29) is 17.3 Å². The lowest BCUT2D eigenvalue weighted by molar-refractivity contribution is -0.124. The first-order valence-corrected chi connectivity index (χ1v) is 11.5. The fourth-order valence-corrected chi connectivity index (χ4v) is 5.75. The van der Waals surface area contributed by atoms with Gasteiger partial charge in [-0.3, -0.25) is 19.4 Å². The summed E-state index contributed by atoms with van der Waals surface area (Å²) >= 11 is 0. The molecular weight excluding hydrogens is 445 g/mol. The monoisotopic (exact) mass is 467 g/mol. The number of carbonyl (C=O) groups excluding carboxylic acids is 3. The van der Waals surface area contributed by atoms with Crippen molar-refractivity contribution in [1.82, 2.24) is 5.01 Å². The molecule has 35 heavy (non-hydrogen) atoms. The molecule has 3 aromatic carbocycles. The van der Waals surface area contributed by atoms with E-state index >= 15 is 0 Å². The van der Waals surface area contributed by atoms with Crippen LogP contribution in [0.3, 0.4) is 0 Å². The molecule has 0 radical (unpaired) electrons. The number of imide groups is 1. The predicted molar refractivity (Wildman–Crippen MR) is 129 cm³/mol. The lowest BCUT2D eigenvalue weighted by Crippen LogP contribution is -2.44. The second kappa shape index (κ2) is 7.70. The van der Waals surface area contributed by atoms with Gasteiger partial charge in [-0.15, -0.1) is 0 Å². The number of ketones is 1. The quantitative estimate of drug-likeness (QED) is 0.428. The molecule has 0 N–H and O–H groups in total. The molecule has 0 spiro atoms. The van der Waals surface area contributed by atoms with Crippen LogP contribution in [-0.2, 0) is 9.59 Å². The van der Waals surface area contributed by atoms with Crippen molar-refractivity contribution in [3.8, 4) is 0 Å². The van der Waals surface area contributed by atoms with Gasteiger partial charge in [0, 0.05) is 5.56 Å². The first-order chi connectivity index (χ1) is 16.9. The number of hydrogen-bond donors (Lipinski definition) is 0. The van der Waals surface area contributed by atoms with Crippen LogP contribution >= 0.6 is 0 Å². The molecule has 3 aromatic rings. The Labute approximate surface area is 201 Å². The Hall–Kier alpha value is -4.13. The highest BCUT2D eigenvalue weighted by Crippen LogP contribution is 2.53. The Morgan fingerprint density at radius 1 is 0.914 bits per heavy atom. The van der Waals surface area contributed by atoms with Crippen LogP contribution in [0.2, 0.25) is 0 Å². The average Bonchev–Trinajstić information content (AvgIpc) is 3.32. The maximum atomic E-state index is 13.9. The van der Waals surface area contributed by atoms with Crippen molar-refractivity contribution in [2.75, 3.05) is 4.90 Å². The fraction of sp³-hybridized carbons (Fsp3) is 0.214. The van der Waals surface area contributed by atoms with E-state index in [9.17, 15) is 18.8 Å². The Kier molecular flexibility index (Phi) is 4.71. The zero-order chi connectivity index (χ0) is 24.4. The number of Topliss-reactive ketones (excluding diaryl/α,β-unsaturated/α-hetero) is 1. The second-order valence-electron chi connectivity index (χ2n) is 9.37. The summed E-state index contributed by atoms with van der Waals surface area (Å²) in [5.74, 6) is -3.23. The molecule has 0 aliphatic carbocycles. The van der Waals surface area contributed by atoms with Crippen LogP contribution in [0.5, 0.6) is 0 Å². The molecule has 7 heteroatoms. The summed E-state index contributed by atoms with van der Waals surface area (Å²) < 4.78 is 13.5. The number of anilines is 1. The molecule has 174 valence electrons. The lowest BCUT2D eigenvalue weighted by Gasteiger charge is -2.34. The third-order valence-corrected chi connectivity index (χ3v) is 7.28. The Morgan fingerprint density at radius 2 is 1.63 bits per heavy atom. The molecule has 6 rings (SSSR count). The number of amides is 2. The number of rotatable bonds is 3. The van der Waals surface area contributed by atoms with Gasteiger partial charge < -0.3 is 0 Å². The van der Waals surface area contributed by atoms with Gasteiger partial charge >= 0.3 is 0 Å². The smallest absolute Gasteiger partial charge is 0.240 e. The standard InChI is InChI=1S/C28H22FN3O3/c1-15-7-12-21(16(2)13-15)31-27(34)22-23(28(31)35)25(26(33)17-8-10-19(29)11-9-17)32-24(22)20-6-4-3-5-18(20)14-30-32/h3-14,22-25H,1-2H3. The summed E-state index contributed by atoms with van der Waals surface area (Å²) in [6, 6.07) is 16.9. The van der Waals surface area contributed by atoms with Crippen LogP contribution in [0.25, 0.3) is 0 Å². The molecule has 4 unspecified atom stereocenters. The SMILES string of the molecule is Cc1ccc(N2C(=O)C3C(C2=O)C2c4ccccc4C=NN2C3C(=O)c2ccc(F)cc2)c(C)c1. The molecule has 2 saturated heterocycles. The summed E-state index contributed by atoms with van der Waals surface area (Å²) in [4.78, 5) is 42.8. The highest BCUT2D eigenvalue weighted by atomic mass is 19.1. The number of fused-ring (bicyclic) bond motifs is 5. The molecule has 2 amide bonds. The van der Waals surface area contributed by atoms with Crippen LogP contribution in [-0.4, -0.2) is 34.9 Å². The fourth-order valence-electron chi connectivity index (χ4n) is 5.75. The zero-order valence-electron chi connectivity index (χ0n) is 19.2. The van der Waals surface area contributed by atoms with Crippen molar-refractivity contribution in [1.29, 1.82) is 0 Å². The largest absolute Gasteiger partial charge is 0.292 e. The number of carbonyl (C=O) groups is 3. The maximum Gasteiger partial charge on any atom is 0.240 e. The van der Waals surface area contributed by atoms with E-state index in [1.54, 1.807) is 17.3 Å². The summed E-state index contributed by atoms with van der Waals surface area (Å²) in [6.45, 7) is 3.82. The van der Waals surface area contributed by atoms with Crippen molar-refractivity contribution >= 4 is 29.5 Å². The van der Waals surface area contributed by atoms with Crippen molar-refractivity contribution in [3.63, 3.8) is 0 Å². The van der Waals surface area contributed by atoms with Gasteiger partial charge in [0.25, 0.3) is 0 Å². The molecule has 6 nitrogen and oxygen atoms in total. The molecule has 0 saturated carbocycles. The summed E-state index contributed by atoms with van der Waals surface area (Å²) in [7, 11) is 0. The molecular formula is C28H22FN3O3. The highest BCUT2D eigenvalue weighted by molar-refractivity contribution is 6.25. The van der Waals surface area contributed by atoms with E-state index in [0.717, 1.165) is 22.3 Å². The van der Waals surface area contributed by atoms with E-state index in [4.69, 9.17) is 0 Å². The summed E-state index contributed by atoms with van der Waals surface area (Å²) in [5.41, 5.74) is 4.36. The van der Waals surface area contributed by atoms with Gasteiger partial charge in [-0.2, -0.15) is 5.10 Å².